The van der Waals surface area contributed by atoms with Crippen LogP contribution in [0.25, 0.3) is 0 Å². The van der Waals surface area contributed by atoms with Gasteiger partial charge in [-0.15, -0.1) is 5.47 Å². The van der Waals surface area contributed by atoms with Crippen LogP contribution >= 0.6 is 0 Å². The molecule has 0 spiro atoms. The van der Waals surface area contributed by atoms with Crippen LogP contribution in [0.2, 0.25) is 0 Å². The van der Waals surface area contributed by atoms with Gasteiger partial charge in [-0.2, -0.15) is 0 Å². The Balaban J connectivity index is 1.74. The Morgan fingerprint density at radius 1 is 0.964 bits per heavy atom. The lowest BCUT2D eigenvalue weighted by Crippen LogP contribution is -2.45. The number of rotatable bonds is 2. The van der Waals surface area contributed by atoms with Gasteiger partial charge >= 0.3 is 0 Å². The second-order valence-electron chi connectivity index (χ2n) is 9.33. The molecular formula is C26H30BN. The second kappa shape index (κ2) is 6.92. The van der Waals surface area contributed by atoms with E-state index < -0.39 is 0 Å². The summed E-state index contributed by atoms with van der Waals surface area (Å²) in [5.41, 5.74) is 13.4. The van der Waals surface area contributed by atoms with Crippen molar-refractivity contribution < 1.29 is 0 Å². The van der Waals surface area contributed by atoms with Gasteiger partial charge in [-0.05, 0) is 62.5 Å². The largest absolute Gasteiger partial charge is 0.328 e. The van der Waals surface area contributed by atoms with Crippen LogP contribution in [0.1, 0.15) is 49.7 Å². The van der Waals surface area contributed by atoms with E-state index in [1.807, 2.05) is 0 Å². The van der Waals surface area contributed by atoms with Crippen LogP contribution in [0.15, 0.2) is 71.3 Å². The summed E-state index contributed by atoms with van der Waals surface area (Å²) in [6.07, 6.45) is 18.6. The number of hydrogen-bond donors (Lipinski definition) is 1. The Hall–Kier alpha value is -1.80. The quantitative estimate of drug-likeness (QED) is 0.709. The predicted molar refractivity (Wildman–Crippen MR) is 118 cm³/mol. The fraction of sp³-hybridized carbons (Fsp3) is 0.462. The maximum atomic E-state index is 6.43. The number of fused-ring (bicyclic) bond motifs is 2. The molecule has 1 saturated carbocycles. The Morgan fingerprint density at radius 3 is 2.43 bits per heavy atom. The lowest BCUT2D eigenvalue weighted by molar-refractivity contribution is 0.180. The maximum Gasteiger partial charge on any atom is 0.107 e. The molecule has 1 fully saturated rings. The summed E-state index contributed by atoms with van der Waals surface area (Å²) in [4.78, 5) is 0. The predicted octanol–water partition coefficient (Wildman–Crippen LogP) is 5.27. The van der Waals surface area contributed by atoms with E-state index in [0.29, 0.717) is 23.8 Å². The minimum Gasteiger partial charge on any atom is -0.328 e. The highest BCUT2D eigenvalue weighted by Crippen LogP contribution is 2.62. The molecule has 3 atom stereocenters. The molecule has 0 aliphatic heterocycles. The third-order valence-corrected chi connectivity index (χ3v) is 7.81. The highest BCUT2D eigenvalue weighted by Gasteiger charge is 2.56. The monoisotopic (exact) mass is 367 g/mol. The molecular weight excluding hydrogens is 337 g/mol. The first kappa shape index (κ1) is 18.2. The van der Waals surface area contributed by atoms with Crippen LogP contribution in [-0.4, -0.2) is 13.9 Å². The smallest absolute Gasteiger partial charge is 0.107 e. The zero-order valence-corrected chi connectivity index (χ0v) is 16.9. The first-order chi connectivity index (χ1) is 13.6. The van der Waals surface area contributed by atoms with Crippen molar-refractivity contribution in [2.75, 3.05) is 0 Å². The summed E-state index contributed by atoms with van der Waals surface area (Å²) in [7, 11) is 6.43. The van der Waals surface area contributed by atoms with Gasteiger partial charge in [0.15, 0.2) is 0 Å². The van der Waals surface area contributed by atoms with E-state index in [1.54, 1.807) is 5.57 Å². The summed E-state index contributed by atoms with van der Waals surface area (Å²) in [6, 6.07) is 9.73. The van der Waals surface area contributed by atoms with E-state index in [4.69, 9.17) is 13.6 Å². The Bertz CT molecular complexity index is 880. The van der Waals surface area contributed by atoms with Gasteiger partial charge < -0.3 is 5.73 Å². The first-order valence-electron chi connectivity index (χ1n) is 11.0. The van der Waals surface area contributed by atoms with Crippen LogP contribution < -0.4 is 5.73 Å². The van der Waals surface area contributed by atoms with Crippen molar-refractivity contribution >= 4 is 7.85 Å². The molecule has 3 unspecified atom stereocenters. The van der Waals surface area contributed by atoms with Crippen LogP contribution in [-0.2, 0) is 5.41 Å². The van der Waals surface area contributed by atoms with E-state index in [9.17, 15) is 0 Å². The zero-order chi connectivity index (χ0) is 19.3. The molecule has 0 bridgehead atoms. The zero-order valence-electron chi connectivity index (χ0n) is 16.9. The normalized spacial score (nSPS) is 36.9. The van der Waals surface area contributed by atoms with Gasteiger partial charge in [0.1, 0.15) is 7.85 Å². The van der Waals surface area contributed by atoms with Crippen molar-refractivity contribution in [1.29, 1.82) is 0 Å². The molecule has 0 heterocycles. The molecule has 1 nitrogen and oxygen atoms in total. The fourth-order valence-electron chi connectivity index (χ4n) is 6.53. The molecule has 1 aromatic carbocycles. The molecule has 2 N–H and O–H groups in total. The third kappa shape index (κ3) is 2.64. The summed E-state index contributed by atoms with van der Waals surface area (Å²) in [5.74, 6) is 1.63. The van der Waals surface area contributed by atoms with E-state index >= 15 is 0 Å². The molecule has 1 aromatic rings. The van der Waals surface area contributed by atoms with Crippen molar-refractivity contribution in [3.8, 4) is 0 Å². The van der Waals surface area contributed by atoms with Crippen molar-refractivity contribution in [3.63, 3.8) is 0 Å². The van der Waals surface area contributed by atoms with Gasteiger partial charge in [-0.1, -0.05) is 65.8 Å². The number of hydrogen-bond acceptors (Lipinski definition) is 1. The molecule has 0 aromatic heterocycles. The van der Waals surface area contributed by atoms with Crippen LogP contribution in [0.3, 0.4) is 0 Å². The van der Waals surface area contributed by atoms with Gasteiger partial charge in [-0.3, -0.25) is 0 Å². The van der Waals surface area contributed by atoms with Crippen molar-refractivity contribution in [2.45, 2.75) is 56.9 Å². The molecule has 2 radical (unpaired) electrons. The molecule has 0 amide bonds. The Kier molecular flexibility index (Phi) is 4.51. The van der Waals surface area contributed by atoms with Crippen LogP contribution in [0, 0.1) is 24.7 Å². The summed E-state index contributed by atoms with van der Waals surface area (Å²) >= 11 is 0. The third-order valence-electron chi connectivity index (χ3n) is 7.81. The minimum absolute atomic E-state index is 0.0279. The van der Waals surface area contributed by atoms with E-state index in [0.717, 1.165) is 31.2 Å². The molecule has 4 aliphatic carbocycles. The highest BCUT2D eigenvalue weighted by molar-refractivity contribution is 6.22. The SMILES string of the molecule is [B]C1=CC2=C(CC1)C1C=CC=CC1C2(c1ccc(C)cc1)C1CCC(N)CC1. The van der Waals surface area contributed by atoms with Gasteiger partial charge in [0, 0.05) is 23.3 Å². The topological polar surface area (TPSA) is 26.0 Å². The fourth-order valence-corrected chi connectivity index (χ4v) is 6.53. The number of nitrogens with two attached hydrogens (primary N) is 1. The van der Waals surface area contributed by atoms with E-state index in [-0.39, 0.29) is 5.41 Å². The number of allylic oxidation sites excluding steroid dienone is 8. The summed E-state index contributed by atoms with van der Waals surface area (Å²) < 4.78 is 0. The average Bonchev–Trinajstić information content (AvgIpc) is 3.00. The van der Waals surface area contributed by atoms with Crippen molar-refractivity contribution in [2.24, 2.45) is 23.5 Å². The molecule has 2 heteroatoms. The van der Waals surface area contributed by atoms with E-state index in [1.165, 1.54) is 29.5 Å². The van der Waals surface area contributed by atoms with Gasteiger partial charge in [-0.25, -0.2) is 0 Å². The van der Waals surface area contributed by atoms with Crippen LogP contribution in [0.4, 0.5) is 0 Å². The summed E-state index contributed by atoms with van der Waals surface area (Å²) in [6.45, 7) is 2.18. The van der Waals surface area contributed by atoms with Gasteiger partial charge in [0.05, 0.1) is 0 Å². The van der Waals surface area contributed by atoms with Gasteiger partial charge in [0.2, 0.25) is 0 Å². The van der Waals surface area contributed by atoms with Gasteiger partial charge in [0.25, 0.3) is 0 Å². The van der Waals surface area contributed by atoms with E-state index in [2.05, 4.69) is 61.6 Å². The Morgan fingerprint density at radius 2 is 1.68 bits per heavy atom. The molecule has 28 heavy (non-hydrogen) atoms. The average molecular weight is 367 g/mol. The lowest BCUT2D eigenvalue weighted by Gasteiger charge is -2.48. The first-order valence-corrected chi connectivity index (χ1v) is 11.0. The van der Waals surface area contributed by atoms with Crippen LogP contribution in [0.5, 0.6) is 0 Å². The number of aryl methyl sites for hydroxylation is 1. The maximum absolute atomic E-state index is 6.43. The standard InChI is InChI=1S/C26H30BN/c1-17-6-8-18(9-7-17)26(19-10-13-21(28)14-11-19)24-5-3-2-4-22(24)23-15-12-20(27)16-25(23)26/h2-9,16,19,21-22,24H,10-15,28H2,1H3. The second-order valence-corrected chi connectivity index (χ2v) is 9.33. The van der Waals surface area contributed by atoms with Crippen molar-refractivity contribution in [1.82, 2.24) is 0 Å². The Labute approximate surface area is 170 Å². The van der Waals surface area contributed by atoms with Crippen molar-refractivity contribution in [3.05, 3.63) is 82.4 Å². The molecule has 0 saturated heterocycles. The molecule has 4 aliphatic rings. The molecule has 5 rings (SSSR count). The minimum atomic E-state index is 0.0279. The lowest BCUT2D eigenvalue weighted by atomic mass is 9.55. The summed E-state index contributed by atoms with van der Waals surface area (Å²) in [5, 5.41) is 0. The highest BCUT2D eigenvalue weighted by atomic mass is 14.7. The molecule has 142 valence electrons. The number of benzene rings is 1.